The molecule has 0 aromatic heterocycles. The molecule has 0 radical (unpaired) electrons. The van der Waals surface area contributed by atoms with Gasteiger partial charge in [-0.2, -0.15) is 0 Å². The van der Waals surface area contributed by atoms with Crippen LogP contribution in [-0.4, -0.2) is 23.5 Å². The van der Waals surface area contributed by atoms with Gasteiger partial charge in [0, 0.05) is 19.2 Å². The highest BCUT2D eigenvalue weighted by atomic mass is 16.4. The van der Waals surface area contributed by atoms with E-state index in [1.807, 2.05) is 26.0 Å². The molecule has 1 aliphatic rings. The summed E-state index contributed by atoms with van der Waals surface area (Å²) in [5, 5.41) is 9.43. The number of rotatable bonds is 1. The number of nitrogens with zero attached hydrogens (tertiary/aromatic N) is 1. The molecular weight excluding hydrogens is 242 g/mol. The Labute approximate surface area is 113 Å². The van der Waals surface area contributed by atoms with Crippen LogP contribution in [-0.2, 0) is 9.59 Å². The van der Waals surface area contributed by atoms with Crippen molar-refractivity contribution in [3.05, 3.63) is 28.8 Å². The van der Waals surface area contributed by atoms with Crippen LogP contribution in [0, 0.1) is 13.8 Å². The van der Waals surface area contributed by atoms with Gasteiger partial charge in [0.25, 0.3) is 0 Å². The second-order valence-electron chi connectivity index (χ2n) is 5.22. The van der Waals surface area contributed by atoms with Gasteiger partial charge in [-0.3, -0.25) is 9.59 Å². The predicted molar refractivity (Wildman–Crippen MR) is 73.6 cm³/mol. The van der Waals surface area contributed by atoms with E-state index < -0.39 is 11.9 Å². The molecule has 1 atom stereocenters. The molecule has 0 bridgehead atoms. The highest BCUT2D eigenvalue weighted by Crippen LogP contribution is 2.37. The maximum atomic E-state index is 11.8. The molecule has 2 rings (SSSR count). The molecule has 4 nitrogen and oxygen atoms in total. The largest absolute Gasteiger partial charge is 0.481 e. The molecule has 1 amide bonds. The molecule has 0 spiro atoms. The van der Waals surface area contributed by atoms with Crippen molar-refractivity contribution in [2.75, 3.05) is 11.4 Å². The lowest BCUT2D eigenvalue weighted by Crippen LogP contribution is -2.29. The van der Waals surface area contributed by atoms with Crippen LogP contribution in [0.15, 0.2) is 12.1 Å². The standard InChI is InChI=1S/C15H19NO3/c1-9-7-10(2)14-12(15(18)19)5-4-6-16(11(3)17)13(14)8-9/h7-8,12H,4-6H2,1-3H3,(H,18,19). The van der Waals surface area contributed by atoms with E-state index in [0.717, 1.165) is 22.4 Å². The maximum Gasteiger partial charge on any atom is 0.311 e. The number of aryl methyl sites for hydroxylation is 2. The van der Waals surface area contributed by atoms with E-state index in [1.54, 1.807) is 4.90 Å². The monoisotopic (exact) mass is 261 g/mol. The molecule has 0 saturated carbocycles. The van der Waals surface area contributed by atoms with Crippen LogP contribution in [0.5, 0.6) is 0 Å². The summed E-state index contributed by atoms with van der Waals surface area (Å²) in [6.07, 6.45) is 1.29. The van der Waals surface area contributed by atoms with Gasteiger partial charge in [-0.1, -0.05) is 6.07 Å². The normalized spacial score (nSPS) is 18.7. The molecule has 1 unspecified atom stereocenters. The molecule has 1 N–H and O–H groups in total. The van der Waals surface area contributed by atoms with Crippen LogP contribution in [0.3, 0.4) is 0 Å². The van der Waals surface area contributed by atoms with Crippen LogP contribution in [0.2, 0.25) is 0 Å². The summed E-state index contributed by atoms with van der Waals surface area (Å²) in [5.41, 5.74) is 3.57. The van der Waals surface area contributed by atoms with Gasteiger partial charge in [0.05, 0.1) is 5.92 Å². The molecule has 19 heavy (non-hydrogen) atoms. The number of aliphatic carboxylic acids is 1. The topological polar surface area (TPSA) is 57.6 Å². The summed E-state index contributed by atoms with van der Waals surface area (Å²) in [4.78, 5) is 25.0. The summed E-state index contributed by atoms with van der Waals surface area (Å²) in [6.45, 7) is 6.01. The highest BCUT2D eigenvalue weighted by molar-refractivity contribution is 5.94. The Morgan fingerprint density at radius 1 is 1.32 bits per heavy atom. The van der Waals surface area contributed by atoms with Crippen LogP contribution in [0.1, 0.15) is 42.4 Å². The minimum Gasteiger partial charge on any atom is -0.481 e. The third-order valence-electron chi connectivity index (χ3n) is 3.70. The number of carboxylic acid groups (broad SMARTS) is 1. The molecule has 0 aliphatic carbocycles. The number of benzene rings is 1. The zero-order valence-electron chi connectivity index (χ0n) is 11.6. The van der Waals surface area contributed by atoms with Crippen molar-refractivity contribution in [3.63, 3.8) is 0 Å². The summed E-state index contributed by atoms with van der Waals surface area (Å²) in [5.74, 6) is -1.35. The van der Waals surface area contributed by atoms with Gasteiger partial charge in [-0.05, 0) is 49.4 Å². The van der Waals surface area contributed by atoms with E-state index in [2.05, 4.69) is 0 Å². The second kappa shape index (κ2) is 5.03. The first kappa shape index (κ1) is 13.6. The van der Waals surface area contributed by atoms with Crippen molar-refractivity contribution < 1.29 is 14.7 Å². The number of anilines is 1. The molecular formula is C15H19NO3. The van der Waals surface area contributed by atoms with E-state index in [-0.39, 0.29) is 5.91 Å². The molecule has 1 aromatic carbocycles. The number of carboxylic acids is 1. The quantitative estimate of drug-likeness (QED) is 0.845. The van der Waals surface area contributed by atoms with Gasteiger partial charge in [0.15, 0.2) is 0 Å². The minimum absolute atomic E-state index is 0.0303. The van der Waals surface area contributed by atoms with Crippen molar-refractivity contribution in [2.24, 2.45) is 0 Å². The average Bonchev–Trinajstić information content (AvgIpc) is 2.48. The van der Waals surface area contributed by atoms with Crippen molar-refractivity contribution >= 4 is 17.6 Å². The lowest BCUT2D eigenvalue weighted by atomic mass is 9.89. The Morgan fingerprint density at radius 3 is 2.58 bits per heavy atom. The van der Waals surface area contributed by atoms with Gasteiger partial charge >= 0.3 is 5.97 Å². The Kier molecular flexibility index (Phi) is 3.60. The van der Waals surface area contributed by atoms with E-state index in [9.17, 15) is 14.7 Å². The molecule has 1 aliphatic heterocycles. The van der Waals surface area contributed by atoms with Crippen LogP contribution < -0.4 is 4.90 Å². The summed E-state index contributed by atoms with van der Waals surface area (Å²) in [7, 11) is 0. The van der Waals surface area contributed by atoms with Crippen molar-refractivity contribution in [2.45, 2.75) is 39.5 Å². The summed E-state index contributed by atoms with van der Waals surface area (Å²) >= 11 is 0. The number of hydrogen-bond donors (Lipinski definition) is 1. The van der Waals surface area contributed by atoms with Crippen molar-refractivity contribution in [3.8, 4) is 0 Å². The molecule has 0 saturated heterocycles. The van der Waals surface area contributed by atoms with E-state index in [1.165, 1.54) is 6.92 Å². The third kappa shape index (κ3) is 2.48. The number of amides is 1. The first-order valence-electron chi connectivity index (χ1n) is 6.54. The molecule has 4 heteroatoms. The van der Waals surface area contributed by atoms with Gasteiger partial charge in [-0.15, -0.1) is 0 Å². The molecule has 1 aromatic rings. The smallest absolute Gasteiger partial charge is 0.311 e. The van der Waals surface area contributed by atoms with E-state index in [0.29, 0.717) is 19.4 Å². The van der Waals surface area contributed by atoms with Crippen LogP contribution in [0.4, 0.5) is 5.69 Å². The predicted octanol–water partition coefficient (Wildman–Crippen LogP) is 2.62. The number of fused-ring (bicyclic) bond motifs is 1. The fourth-order valence-corrected chi connectivity index (χ4v) is 2.93. The maximum absolute atomic E-state index is 11.8. The highest BCUT2D eigenvalue weighted by Gasteiger charge is 2.30. The fourth-order valence-electron chi connectivity index (χ4n) is 2.93. The van der Waals surface area contributed by atoms with Gasteiger partial charge in [-0.25, -0.2) is 0 Å². The summed E-state index contributed by atoms with van der Waals surface area (Å²) in [6, 6.07) is 3.91. The second-order valence-corrected chi connectivity index (χ2v) is 5.22. The fraction of sp³-hybridized carbons (Fsp3) is 0.467. The van der Waals surface area contributed by atoms with Crippen molar-refractivity contribution in [1.82, 2.24) is 0 Å². The number of carbonyl (C=O) groups is 2. The number of carbonyl (C=O) groups excluding carboxylic acids is 1. The molecule has 0 fully saturated rings. The first-order chi connectivity index (χ1) is 8.91. The molecule has 1 heterocycles. The summed E-state index contributed by atoms with van der Waals surface area (Å²) < 4.78 is 0. The first-order valence-corrected chi connectivity index (χ1v) is 6.54. The Morgan fingerprint density at radius 2 is 2.00 bits per heavy atom. The third-order valence-corrected chi connectivity index (χ3v) is 3.70. The number of hydrogen-bond acceptors (Lipinski definition) is 2. The zero-order chi connectivity index (χ0) is 14.2. The van der Waals surface area contributed by atoms with E-state index >= 15 is 0 Å². The van der Waals surface area contributed by atoms with E-state index in [4.69, 9.17) is 0 Å². The van der Waals surface area contributed by atoms with Gasteiger partial charge in [0.1, 0.15) is 0 Å². The Balaban J connectivity index is 2.66. The zero-order valence-corrected chi connectivity index (χ0v) is 11.6. The Hall–Kier alpha value is -1.84. The lowest BCUT2D eigenvalue weighted by Gasteiger charge is -2.24. The minimum atomic E-state index is -0.807. The average molecular weight is 261 g/mol. The lowest BCUT2D eigenvalue weighted by molar-refractivity contribution is -0.139. The Bertz CT molecular complexity index is 536. The van der Waals surface area contributed by atoms with Crippen LogP contribution in [0.25, 0.3) is 0 Å². The van der Waals surface area contributed by atoms with Crippen LogP contribution >= 0.6 is 0 Å². The van der Waals surface area contributed by atoms with Gasteiger partial charge < -0.3 is 10.0 Å². The molecule has 102 valence electrons. The van der Waals surface area contributed by atoms with Crippen molar-refractivity contribution in [1.29, 1.82) is 0 Å². The SMILES string of the molecule is CC(=O)N1CCCC(C(=O)O)c2c(C)cc(C)cc21. The van der Waals surface area contributed by atoms with Gasteiger partial charge in [0.2, 0.25) is 5.91 Å².